The van der Waals surface area contributed by atoms with Gasteiger partial charge in [0.05, 0.1) is 11.0 Å². The van der Waals surface area contributed by atoms with E-state index >= 15 is 0 Å². The summed E-state index contributed by atoms with van der Waals surface area (Å²) in [6.45, 7) is 0.0358. The van der Waals surface area contributed by atoms with E-state index in [1.54, 1.807) is 0 Å². The van der Waals surface area contributed by atoms with Crippen molar-refractivity contribution < 1.29 is 14.8 Å². The van der Waals surface area contributed by atoms with Gasteiger partial charge in [0.1, 0.15) is 0 Å². The van der Waals surface area contributed by atoms with Crippen LogP contribution in [-0.4, -0.2) is 28.6 Å². The summed E-state index contributed by atoms with van der Waals surface area (Å²) in [6, 6.07) is 13.0. The molecule has 0 fully saturated rings. The number of non-ortho nitro benzene ring substituents is 1. The molecule has 0 radical (unpaired) electrons. The highest BCUT2D eigenvalue weighted by molar-refractivity contribution is 6.31. The number of aliphatic hydroxyl groups excluding tert-OH is 1. The lowest BCUT2D eigenvalue weighted by Gasteiger charge is -2.12. The molecule has 0 bridgehead atoms. The Labute approximate surface area is 137 Å². The minimum absolute atomic E-state index is 0.0358. The number of nitro benzene ring substituents is 1. The van der Waals surface area contributed by atoms with E-state index in [0.29, 0.717) is 6.42 Å². The summed E-state index contributed by atoms with van der Waals surface area (Å²) in [5, 5.41) is 23.4. The topological polar surface area (TPSA) is 92.5 Å². The zero-order valence-electron chi connectivity index (χ0n) is 12.1. The smallest absolute Gasteiger partial charge is 0.271 e. The first-order chi connectivity index (χ1) is 11.0. The zero-order valence-corrected chi connectivity index (χ0v) is 12.9. The maximum Gasteiger partial charge on any atom is 0.271 e. The third-order valence-electron chi connectivity index (χ3n) is 3.17. The van der Waals surface area contributed by atoms with Crippen LogP contribution in [0.5, 0.6) is 0 Å². The Hall–Kier alpha value is -2.44. The van der Waals surface area contributed by atoms with Gasteiger partial charge in [-0.25, -0.2) is 0 Å². The van der Waals surface area contributed by atoms with Gasteiger partial charge in [-0.2, -0.15) is 0 Å². The average molecular weight is 335 g/mol. The number of aliphatic hydroxyl groups is 1. The molecule has 0 spiro atoms. The van der Waals surface area contributed by atoms with Crippen molar-refractivity contribution in [3.05, 3.63) is 74.8 Å². The first-order valence-electron chi connectivity index (χ1n) is 6.91. The first kappa shape index (κ1) is 16.9. The fourth-order valence-electron chi connectivity index (χ4n) is 2.08. The number of halogens is 1. The monoisotopic (exact) mass is 334 g/mol. The van der Waals surface area contributed by atoms with E-state index in [9.17, 15) is 20.0 Å². The molecule has 0 saturated heterocycles. The van der Waals surface area contributed by atoms with E-state index in [1.165, 1.54) is 12.1 Å². The highest BCUT2D eigenvalue weighted by Gasteiger charge is 2.15. The maximum absolute atomic E-state index is 12.0. The highest BCUT2D eigenvalue weighted by atomic mass is 35.5. The molecule has 6 nitrogen and oxygen atoms in total. The van der Waals surface area contributed by atoms with Gasteiger partial charge in [-0.15, -0.1) is 0 Å². The van der Waals surface area contributed by atoms with Crippen molar-refractivity contribution in [3.63, 3.8) is 0 Å². The molecule has 23 heavy (non-hydrogen) atoms. The zero-order chi connectivity index (χ0) is 16.8. The van der Waals surface area contributed by atoms with Crippen molar-refractivity contribution in [2.24, 2.45) is 0 Å². The second kappa shape index (κ2) is 7.71. The number of hydrogen-bond donors (Lipinski definition) is 2. The van der Waals surface area contributed by atoms with E-state index in [2.05, 4.69) is 5.32 Å². The minimum Gasteiger partial charge on any atom is -0.391 e. The van der Waals surface area contributed by atoms with Crippen LogP contribution in [0, 0.1) is 10.1 Å². The van der Waals surface area contributed by atoms with Gasteiger partial charge in [-0.3, -0.25) is 14.9 Å². The second-order valence-corrected chi connectivity index (χ2v) is 5.45. The van der Waals surface area contributed by atoms with Crippen molar-refractivity contribution in [1.29, 1.82) is 0 Å². The Morgan fingerprint density at radius 1 is 1.26 bits per heavy atom. The predicted octanol–water partition coefficient (Wildman–Crippen LogP) is 2.58. The normalized spacial score (nSPS) is 11.7. The summed E-state index contributed by atoms with van der Waals surface area (Å²) in [6.07, 6.45) is -0.355. The molecule has 2 N–H and O–H groups in total. The van der Waals surface area contributed by atoms with E-state index in [4.69, 9.17) is 11.6 Å². The molecule has 2 aromatic carbocycles. The SMILES string of the molecule is O=C(NCC(O)Cc1ccccc1)c1cc(Cl)cc([N+](=O)[O-])c1. The summed E-state index contributed by atoms with van der Waals surface area (Å²) in [5.74, 6) is -0.525. The van der Waals surface area contributed by atoms with Crippen LogP contribution in [0.25, 0.3) is 0 Å². The van der Waals surface area contributed by atoms with Crippen LogP contribution in [0.1, 0.15) is 15.9 Å². The number of nitrogens with one attached hydrogen (secondary N) is 1. The molecule has 1 atom stereocenters. The highest BCUT2D eigenvalue weighted by Crippen LogP contribution is 2.20. The fraction of sp³-hybridized carbons (Fsp3) is 0.188. The fourth-order valence-corrected chi connectivity index (χ4v) is 2.31. The standard InChI is InChI=1S/C16H15ClN2O4/c17-13-7-12(8-14(9-13)19(22)23)16(21)18-10-15(20)6-11-4-2-1-3-5-11/h1-5,7-9,15,20H,6,10H2,(H,18,21). The molecule has 0 saturated carbocycles. The third-order valence-corrected chi connectivity index (χ3v) is 3.39. The second-order valence-electron chi connectivity index (χ2n) is 5.01. The Morgan fingerprint density at radius 2 is 1.96 bits per heavy atom. The van der Waals surface area contributed by atoms with E-state index < -0.39 is 16.9 Å². The Morgan fingerprint density at radius 3 is 2.61 bits per heavy atom. The molecule has 0 aromatic heterocycles. The lowest BCUT2D eigenvalue weighted by molar-refractivity contribution is -0.384. The quantitative estimate of drug-likeness (QED) is 0.627. The molecule has 2 aromatic rings. The van der Waals surface area contributed by atoms with Crippen LogP contribution in [0.15, 0.2) is 48.5 Å². The van der Waals surface area contributed by atoms with E-state index in [0.717, 1.165) is 11.6 Å². The molecule has 1 unspecified atom stereocenters. The van der Waals surface area contributed by atoms with E-state index in [1.807, 2.05) is 30.3 Å². The third kappa shape index (κ3) is 5.05. The molecule has 0 heterocycles. The van der Waals surface area contributed by atoms with Gasteiger partial charge >= 0.3 is 0 Å². The number of carbonyl (C=O) groups excluding carboxylic acids is 1. The van der Waals surface area contributed by atoms with Crippen molar-refractivity contribution >= 4 is 23.2 Å². The predicted molar refractivity (Wildman–Crippen MR) is 86.6 cm³/mol. The lowest BCUT2D eigenvalue weighted by Crippen LogP contribution is -2.33. The number of hydrogen-bond acceptors (Lipinski definition) is 4. The van der Waals surface area contributed by atoms with Gasteiger partial charge in [-0.05, 0) is 11.6 Å². The number of carbonyl (C=O) groups is 1. The molecule has 0 aliphatic carbocycles. The van der Waals surface area contributed by atoms with Gasteiger partial charge in [0.25, 0.3) is 11.6 Å². The molecule has 2 rings (SSSR count). The van der Waals surface area contributed by atoms with Crippen LogP contribution in [0.4, 0.5) is 5.69 Å². The number of nitrogens with zero attached hydrogens (tertiary/aromatic N) is 1. The van der Waals surface area contributed by atoms with Gasteiger partial charge in [0.2, 0.25) is 0 Å². The molecule has 0 aliphatic rings. The molecular formula is C16H15ClN2O4. The molecule has 120 valence electrons. The van der Waals surface area contributed by atoms with Crippen LogP contribution in [-0.2, 0) is 6.42 Å². The lowest BCUT2D eigenvalue weighted by atomic mass is 10.1. The largest absolute Gasteiger partial charge is 0.391 e. The number of benzene rings is 2. The summed E-state index contributed by atoms with van der Waals surface area (Å²) < 4.78 is 0. The first-order valence-corrected chi connectivity index (χ1v) is 7.28. The molecule has 0 aliphatic heterocycles. The number of amides is 1. The Kier molecular flexibility index (Phi) is 5.67. The minimum atomic E-state index is -0.754. The molecular weight excluding hydrogens is 320 g/mol. The van der Waals surface area contributed by atoms with Crippen molar-refractivity contribution in [3.8, 4) is 0 Å². The van der Waals surface area contributed by atoms with Crippen LogP contribution < -0.4 is 5.32 Å². The maximum atomic E-state index is 12.0. The van der Waals surface area contributed by atoms with Crippen LogP contribution in [0.2, 0.25) is 5.02 Å². The van der Waals surface area contributed by atoms with Crippen LogP contribution >= 0.6 is 11.6 Å². The summed E-state index contributed by atoms with van der Waals surface area (Å²) in [5.41, 5.74) is 0.774. The Balaban J connectivity index is 1.95. The molecule has 7 heteroatoms. The van der Waals surface area contributed by atoms with Crippen molar-refractivity contribution in [1.82, 2.24) is 5.32 Å². The van der Waals surface area contributed by atoms with Crippen molar-refractivity contribution in [2.45, 2.75) is 12.5 Å². The molecule has 1 amide bonds. The number of rotatable bonds is 6. The summed E-state index contributed by atoms with van der Waals surface area (Å²) in [4.78, 5) is 22.2. The van der Waals surface area contributed by atoms with Gasteiger partial charge in [-0.1, -0.05) is 41.9 Å². The number of nitro groups is 1. The summed E-state index contributed by atoms with van der Waals surface area (Å²) >= 11 is 5.77. The average Bonchev–Trinajstić information content (AvgIpc) is 2.53. The van der Waals surface area contributed by atoms with Crippen LogP contribution in [0.3, 0.4) is 0 Å². The van der Waals surface area contributed by atoms with Gasteiger partial charge < -0.3 is 10.4 Å². The Bertz CT molecular complexity index is 706. The van der Waals surface area contributed by atoms with Gasteiger partial charge in [0.15, 0.2) is 0 Å². The summed E-state index contributed by atoms with van der Waals surface area (Å²) in [7, 11) is 0. The van der Waals surface area contributed by atoms with Crippen molar-refractivity contribution in [2.75, 3.05) is 6.54 Å². The van der Waals surface area contributed by atoms with E-state index in [-0.39, 0.29) is 22.8 Å². The van der Waals surface area contributed by atoms with Gasteiger partial charge in [0, 0.05) is 35.7 Å².